The lowest BCUT2D eigenvalue weighted by atomic mass is 10.0. The van der Waals surface area contributed by atoms with Gasteiger partial charge in [0.1, 0.15) is 0 Å². The van der Waals surface area contributed by atoms with Crippen molar-refractivity contribution in [1.82, 2.24) is 0 Å². The second-order valence-corrected chi connectivity index (χ2v) is 3.36. The number of hydrogen-bond acceptors (Lipinski definition) is 2. The quantitative estimate of drug-likeness (QED) is 0.638. The minimum Gasteiger partial charge on any atom is -0.396 e. The fourth-order valence-corrected chi connectivity index (χ4v) is 1.94. The highest BCUT2D eigenvalue weighted by Gasteiger charge is 2.28. The van der Waals surface area contributed by atoms with Crippen LogP contribution in [0.4, 0.5) is 0 Å². The Bertz CT molecular complexity index is 285. The molecule has 0 spiro atoms. The molecule has 0 saturated carbocycles. The number of aliphatic hydroxyl groups excluding tert-OH is 1. The smallest absolute Gasteiger partial charge is 0.0514 e. The molecule has 0 aromatic heterocycles. The van der Waals surface area contributed by atoms with Crippen LogP contribution < -0.4 is 5.73 Å². The van der Waals surface area contributed by atoms with E-state index in [2.05, 4.69) is 12.1 Å². The van der Waals surface area contributed by atoms with E-state index < -0.39 is 0 Å². The molecule has 0 bridgehead atoms. The van der Waals surface area contributed by atoms with Gasteiger partial charge >= 0.3 is 0 Å². The summed E-state index contributed by atoms with van der Waals surface area (Å²) >= 11 is 0. The highest BCUT2D eigenvalue weighted by atomic mass is 16.3. The molecule has 0 fully saturated rings. The largest absolute Gasteiger partial charge is 0.396 e. The first-order valence-electron chi connectivity index (χ1n) is 4.27. The van der Waals surface area contributed by atoms with E-state index in [0.29, 0.717) is 0 Å². The predicted octanol–water partition coefficient (Wildman–Crippen LogP) is 0.646. The third-order valence-corrected chi connectivity index (χ3v) is 2.62. The molecule has 2 rings (SSSR count). The molecule has 2 heteroatoms. The molecular formula is C10H13NO. The first kappa shape index (κ1) is 7.77. The minimum atomic E-state index is 0.104. The van der Waals surface area contributed by atoms with E-state index in [1.807, 2.05) is 12.1 Å². The van der Waals surface area contributed by atoms with E-state index in [1.54, 1.807) is 0 Å². The zero-order chi connectivity index (χ0) is 8.55. The molecule has 2 atom stereocenters. The van der Waals surface area contributed by atoms with Crippen molar-refractivity contribution in [2.45, 2.75) is 18.4 Å². The van der Waals surface area contributed by atoms with E-state index in [1.165, 1.54) is 11.1 Å². The Hall–Kier alpha value is -0.860. The predicted molar refractivity (Wildman–Crippen MR) is 47.9 cm³/mol. The minimum absolute atomic E-state index is 0.104. The number of benzene rings is 1. The van der Waals surface area contributed by atoms with Gasteiger partial charge < -0.3 is 10.8 Å². The maximum Gasteiger partial charge on any atom is 0.0514 e. The van der Waals surface area contributed by atoms with Crippen LogP contribution in [0.2, 0.25) is 0 Å². The number of rotatable bonds is 1. The van der Waals surface area contributed by atoms with Gasteiger partial charge in [0, 0.05) is 12.0 Å². The molecule has 0 saturated heterocycles. The molecule has 1 aliphatic carbocycles. The van der Waals surface area contributed by atoms with E-state index in [9.17, 15) is 0 Å². The number of hydrogen-bond donors (Lipinski definition) is 2. The van der Waals surface area contributed by atoms with Gasteiger partial charge in [-0.1, -0.05) is 24.3 Å². The average molecular weight is 163 g/mol. The van der Waals surface area contributed by atoms with Gasteiger partial charge in [0.05, 0.1) is 6.61 Å². The summed E-state index contributed by atoms with van der Waals surface area (Å²) < 4.78 is 0. The van der Waals surface area contributed by atoms with Gasteiger partial charge in [0.25, 0.3) is 0 Å². The molecule has 12 heavy (non-hydrogen) atoms. The van der Waals surface area contributed by atoms with Crippen molar-refractivity contribution >= 4 is 0 Å². The van der Waals surface area contributed by atoms with Crippen LogP contribution in [0.3, 0.4) is 0 Å². The van der Waals surface area contributed by atoms with Gasteiger partial charge in [0.15, 0.2) is 0 Å². The zero-order valence-electron chi connectivity index (χ0n) is 6.90. The van der Waals surface area contributed by atoms with Crippen LogP contribution in [-0.2, 0) is 6.42 Å². The van der Waals surface area contributed by atoms with E-state index in [4.69, 9.17) is 10.8 Å². The maximum atomic E-state index is 9.10. The Kier molecular flexibility index (Phi) is 1.87. The second-order valence-electron chi connectivity index (χ2n) is 3.36. The van der Waals surface area contributed by atoms with Crippen molar-refractivity contribution in [3.8, 4) is 0 Å². The van der Waals surface area contributed by atoms with Crippen molar-refractivity contribution in [1.29, 1.82) is 0 Å². The van der Waals surface area contributed by atoms with E-state index in [0.717, 1.165) is 6.42 Å². The second kappa shape index (κ2) is 2.88. The molecule has 0 unspecified atom stereocenters. The topological polar surface area (TPSA) is 46.2 Å². The zero-order valence-corrected chi connectivity index (χ0v) is 6.90. The van der Waals surface area contributed by atoms with Crippen LogP contribution in [0.5, 0.6) is 0 Å². The molecule has 0 amide bonds. The van der Waals surface area contributed by atoms with Gasteiger partial charge in [-0.15, -0.1) is 0 Å². The fourth-order valence-electron chi connectivity index (χ4n) is 1.94. The summed E-state index contributed by atoms with van der Waals surface area (Å²) in [6, 6.07) is 8.27. The van der Waals surface area contributed by atoms with Crippen LogP contribution in [0.1, 0.15) is 17.0 Å². The Labute approximate surface area is 72.0 Å². The summed E-state index contributed by atoms with van der Waals surface area (Å²) in [5, 5.41) is 9.10. The van der Waals surface area contributed by atoms with Gasteiger partial charge in [0.2, 0.25) is 0 Å². The average Bonchev–Trinajstić information content (AvgIpc) is 2.40. The van der Waals surface area contributed by atoms with Crippen LogP contribution in [0, 0.1) is 0 Å². The third kappa shape index (κ3) is 1.04. The van der Waals surface area contributed by atoms with Gasteiger partial charge in [-0.3, -0.25) is 0 Å². The summed E-state index contributed by atoms with van der Waals surface area (Å²) in [6.45, 7) is 0.165. The normalized spacial score (nSPS) is 27.2. The van der Waals surface area contributed by atoms with Crippen LogP contribution in [-0.4, -0.2) is 17.8 Å². The highest BCUT2D eigenvalue weighted by Crippen LogP contribution is 2.31. The molecule has 0 aliphatic heterocycles. The van der Waals surface area contributed by atoms with E-state index in [-0.39, 0.29) is 18.6 Å². The number of nitrogens with two attached hydrogens (primary N) is 1. The fraction of sp³-hybridized carbons (Fsp3) is 0.400. The van der Waals surface area contributed by atoms with Crippen molar-refractivity contribution in [2.75, 3.05) is 6.61 Å². The van der Waals surface area contributed by atoms with Gasteiger partial charge in [-0.05, 0) is 17.5 Å². The SMILES string of the molecule is N[C@H]1Cc2ccccc2[C@H]1CO. The third-order valence-electron chi connectivity index (χ3n) is 2.62. The maximum absolute atomic E-state index is 9.10. The van der Waals surface area contributed by atoms with Crippen molar-refractivity contribution < 1.29 is 5.11 Å². The van der Waals surface area contributed by atoms with Crippen molar-refractivity contribution in [2.24, 2.45) is 5.73 Å². The van der Waals surface area contributed by atoms with Crippen molar-refractivity contribution in [3.05, 3.63) is 35.4 Å². The molecule has 2 nitrogen and oxygen atoms in total. The van der Waals surface area contributed by atoms with Crippen molar-refractivity contribution in [3.63, 3.8) is 0 Å². The van der Waals surface area contributed by atoms with Crippen LogP contribution >= 0.6 is 0 Å². The molecular weight excluding hydrogens is 150 g/mol. The first-order chi connectivity index (χ1) is 5.83. The Morgan fingerprint density at radius 3 is 2.92 bits per heavy atom. The lowest BCUT2D eigenvalue weighted by Gasteiger charge is -2.12. The molecule has 3 N–H and O–H groups in total. The molecule has 0 radical (unpaired) electrons. The number of aliphatic hydroxyl groups is 1. The molecule has 0 heterocycles. The van der Waals surface area contributed by atoms with Crippen LogP contribution in [0.25, 0.3) is 0 Å². The summed E-state index contributed by atoms with van der Waals surface area (Å²) in [5.41, 5.74) is 8.40. The highest BCUT2D eigenvalue weighted by molar-refractivity contribution is 5.37. The van der Waals surface area contributed by atoms with Gasteiger partial charge in [-0.2, -0.15) is 0 Å². The summed E-state index contributed by atoms with van der Waals surface area (Å²) in [6.07, 6.45) is 0.904. The Morgan fingerprint density at radius 2 is 2.17 bits per heavy atom. The lowest BCUT2D eigenvalue weighted by molar-refractivity contribution is 0.255. The lowest BCUT2D eigenvalue weighted by Crippen LogP contribution is -2.26. The Morgan fingerprint density at radius 1 is 1.42 bits per heavy atom. The monoisotopic (exact) mass is 163 g/mol. The van der Waals surface area contributed by atoms with E-state index >= 15 is 0 Å². The molecule has 64 valence electrons. The number of fused-ring (bicyclic) bond motifs is 1. The first-order valence-corrected chi connectivity index (χ1v) is 4.27. The molecule has 1 aromatic rings. The molecule has 1 aliphatic rings. The summed E-state index contributed by atoms with van der Waals surface area (Å²) in [5.74, 6) is 0.154. The molecule has 1 aromatic carbocycles. The standard InChI is InChI=1S/C10H13NO/c11-10-5-7-3-1-2-4-8(7)9(10)6-12/h1-4,9-10,12H,5-6,11H2/t9-,10+/m1/s1. The summed E-state index contributed by atoms with van der Waals surface area (Å²) in [7, 11) is 0. The summed E-state index contributed by atoms with van der Waals surface area (Å²) in [4.78, 5) is 0. The van der Waals surface area contributed by atoms with Gasteiger partial charge in [-0.25, -0.2) is 0 Å². The van der Waals surface area contributed by atoms with Crippen LogP contribution in [0.15, 0.2) is 24.3 Å². The Balaban J connectivity index is 2.40.